The summed E-state index contributed by atoms with van der Waals surface area (Å²) in [6.45, 7) is 8.21. The van der Waals surface area contributed by atoms with Gasteiger partial charge in [0.25, 0.3) is 0 Å². The number of hydrogen-bond acceptors (Lipinski definition) is 6. The lowest BCUT2D eigenvalue weighted by Crippen LogP contribution is -2.21. The first-order valence-corrected chi connectivity index (χ1v) is 13.4. The predicted molar refractivity (Wildman–Crippen MR) is 150 cm³/mol. The number of aryl methyl sites for hydroxylation is 1. The third-order valence-electron chi connectivity index (χ3n) is 7.01. The average Bonchev–Trinajstić information content (AvgIpc) is 3.33. The van der Waals surface area contributed by atoms with Gasteiger partial charge in [-0.3, -0.25) is 0 Å². The van der Waals surface area contributed by atoms with Crippen molar-refractivity contribution in [1.82, 2.24) is 5.16 Å². The summed E-state index contributed by atoms with van der Waals surface area (Å²) in [6.07, 6.45) is 3.10. The summed E-state index contributed by atoms with van der Waals surface area (Å²) >= 11 is 0. The van der Waals surface area contributed by atoms with Crippen LogP contribution in [-0.4, -0.2) is 18.1 Å². The van der Waals surface area contributed by atoms with Crippen LogP contribution in [0.5, 0.6) is 5.75 Å². The minimum atomic E-state index is -0.110. The Morgan fingerprint density at radius 3 is 2.45 bits per heavy atom. The summed E-state index contributed by atoms with van der Waals surface area (Å²) in [4.78, 5) is 0. The summed E-state index contributed by atoms with van der Waals surface area (Å²) in [5.41, 5.74) is 14.1. The zero-order valence-electron chi connectivity index (χ0n) is 22.4. The third-order valence-corrected chi connectivity index (χ3v) is 7.01. The zero-order valence-corrected chi connectivity index (χ0v) is 22.4. The molecule has 5 rings (SSSR count). The first-order valence-electron chi connectivity index (χ1n) is 13.4. The van der Waals surface area contributed by atoms with E-state index in [-0.39, 0.29) is 12.2 Å². The van der Waals surface area contributed by atoms with E-state index in [4.69, 9.17) is 24.5 Å². The van der Waals surface area contributed by atoms with Gasteiger partial charge in [0, 0.05) is 12.2 Å². The molecule has 0 spiro atoms. The van der Waals surface area contributed by atoms with Gasteiger partial charge in [-0.25, -0.2) is 0 Å². The van der Waals surface area contributed by atoms with Gasteiger partial charge in [-0.15, -0.1) is 0 Å². The molecule has 1 aliphatic rings. The molecule has 0 radical (unpaired) electrons. The molecule has 198 valence electrons. The molecule has 0 bridgehead atoms. The molecule has 0 aliphatic carbocycles. The van der Waals surface area contributed by atoms with Gasteiger partial charge in [-0.2, -0.15) is 0 Å². The first-order chi connectivity index (χ1) is 18.5. The SMILES string of the molecule is Cc1cc(OCc2ccccc2)c(C(C)C)cc1-c1noc(N)c1-c1ccc(COC2CCCCO2)cc1. The highest BCUT2D eigenvalue weighted by Crippen LogP contribution is 2.41. The van der Waals surface area contributed by atoms with Gasteiger partial charge in [-0.1, -0.05) is 73.6 Å². The first kappa shape index (κ1) is 26.0. The molecule has 1 aromatic heterocycles. The Bertz CT molecular complexity index is 1340. The molecule has 2 heterocycles. The van der Waals surface area contributed by atoms with Gasteiger partial charge in [-0.05, 0) is 72.1 Å². The van der Waals surface area contributed by atoms with E-state index in [9.17, 15) is 0 Å². The molecule has 0 saturated carbocycles. The number of ether oxygens (including phenoxy) is 3. The predicted octanol–water partition coefficient (Wildman–Crippen LogP) is 7.64. The Balaban J connectivity index is 1.39. The smallest absolute Gasteiger partial charge is 0.230 e. The minimum absolute atomic E-state index is 0.110. The van der Waals surface area contributed by atoms with Crippen molar-refractivity contribution in [2.75, 3.05) is 12.3 Å². The largest absolute Gasteiger partial charge is 0.489 e. The molecular formula is C32H36N2O4. The van der Waals surface area contributed by atoms with E-state index in [1.807, 2.05) is 30.3 Å². The molecule has 3 aromatic carbocycles. The number of nitrogen functional groups attached to an aromatic ring is 1. The number of aromatic nitrogens is 1. The quantitative estimate of drug-likeness (QED) is 0.248. The van der Waals surface area contributed by atoms with Crippen molar-refractivity contribution in [3.8, 4) is 28.1 Å². The maximum Gasteiger partial charge on any atom is 0.230 e. The Labute approximate surface area is 224 Å². The highest BCUT2D eigenvalue weighted by molar-refractivity contribution is 5.88. The van der Waals surface area contributed by atoms with E-state index >= 15 is 0 Å². The van der Waals surface area contributed by atoms with E-state index in [1.54, 1.807) is 0 Å². The van der Waals surface area contributed by atoms with E-state index in [1.165, 1.54) is 0 Å². The van der Waals surface area contributed by atoms with Crippen LogP contribution in [0, 0.1) is 6.92 Å². The second kappa shape index (κ2) is 11.8. The lowest BCUT2D eigenvalue weighted by Gasteiger charge is -2.22. The summed E-state index contributed by atoms with van der Waals surface area (Å²) in [5.74, 6) is 1.45. The average molecular weight is 513 g/mol. The molecule has 2 N–H and O–H groups in total. The molecule has 1 aliphatic heterocycles. The fourth-order valence-electron chi connectivity index (χ4n) is 4.83. The molecule has 38 heavy (non-hydrogen) atoms. The molecule has 1 atom stereocenters. The van der Waals surface area contributed by atoms with Crippen LogP contribution in [0.2, 0.25) is 0 Å². The van der Waals surface area contributed by atoms with Crippen molar-refractivity contribution in [2.24, 2.45) is 0 Å². The van der Waals surface area contributed by atoms with Crippen LogP contribution < -0.4 is 10.5 Å². The maximum absolute atomic E-state index is 6.30. The van der Waals surface area contributed by atoms with Gasteiger partial charge in [0.1, 0.15) is 18.1 Å². The lowest BCUT2D eigenvalue weighted by atomic mass is 9.92. The summed E-state index contributed by atoms with van der Waals surface area (Å²) in [5, 5.41) is 4.38. The molecule has 4 aromatic rings. The van der Waals surface area contributed by atoms with Crippen LogP contribution >= 0.6 is 0 Å². The second-order valence-electron chi connectivity index (χ2n) is 10.2. The fraction of sp³-hybridized carbons (Fsp3) is 0.344. The molecule has 1 unspecified atom stereocenters. The fourth-order valence-corrected chi connectivity index (χ4v) is 4.83. The van der Waals surface area contributed by atoms with Crippen LogP contribution in [0.25, 0.3) is 22.4 Å². The highest BCUT2D eigenvalue weighted by Gasteiger charge is 2.22. The Hall–Kier alpha value is -3.61. The summed E-state index contributed by atoms with van der Waals surface area (Å²) < 4.78 is 23.4. The molecule has 1 fully saturated rings. The minimum Gasteiger partial charge on any atom is -0.489 e. The van der Waals surface area contributed by atoms with Gasteiger partial charge in [0.2, 0.25) is 5.88 Å². The van der Waals surface area contributed by atoms with E-state index < -0.39 is 0 Å². The molecule has 0 amide bonds. The van der Waals surface area contributed by atoms with Crippen molar-refractivity contribution in [1.29, 1.82) is 0 Å². The molecular weight excluding hydrogens is 476 g/mol. The number of benzene rings is 3. The van der Waals surface area contributed by atoms with E-state index in [2.05, 4.69) is 62.3 Å². The Morgan fingerprint density at radius 1 is 0.974 bits per heavy atom. The number of nitrogens with two attached hydrogens (primary N) is 1. The van der Waals surface area contributed by atoms with Crippen LogP contribution in [0.3, 0.4) is 0 Å². The van der Waals surface area contributed by atoms with Crippen LogP contribution in [0.4, 0.5) is 5.88 Å². The van der Waals surface area contributed by atoms with Crippen molar-refractivity contribution >= 4 is 5.88 Å². The van der Waals surface area contributed by atoms with E-state index in [0.717, 1.165) is 76.3 Å². The highest BCUT2D eigenvalue weighted by atomic mass is 16.7. The monoisotopic (exact) mass is 512 g/mol. The standard InChI is InChI=1S/C32H36N2O4/c1-21(2)26-18-27(22(3)17-28(26)36-19-23-9-5-4-6-10-23)31-30(32(33)38-34-31)25-14-12-24(13-15-25)20-37-29-11-7-8-16-35-29/h4-6,9-10,12-15,17-18,21,29H,7-8,11,16,19-20,33H2,1-3H3. The summed E-state index contributed by atoms with van der Waals surface area (Å²) in [6, 6.07) is 22.7. The Kier molecular flexibility index (Phi) is 8.11. The third kappa shape index (κ3) is 5.93. The Morgan fingerprint density at radius 2 is 1.74 bits per heavy atom. The van der Waals surface area contributed by atoms with Crippen molar-refractivity contribution in [2.45, 2.75) is 65.5 Å². The lowest BCUT2D eigenvalue weighted by molar-refractivity contribution is -0.168. The molecule has 1 saturated heterocycles. The van der Waals surface area contributed by atoms with Gasteiger partial charge < -0.3 is 24.5 Å². The topological polar surface area (TPSA) is 79.7 Å². The normalized spacial score (nSPS) is 15.6. The van der Waals surface area contributed by atoms with Gasteiger partial charge in [0.05, 0.1) is 12.2 Å². The van der Waals surface area contributed by atoms with Crippen LogP contribution in [0.1, 0.15) is 61.3 Å². The van der Waals surface area contributed by atoms with Crippen LogP contribution in [-0.2, 0) is 22.7 Å². The maximum atomic E-state index is 6.30. The van der Waals surface area contributed by atoms with Crippen molar-refractivity contribution in [3.63, 3.8) is 0 Å². The second-order valence-corrected chi connectivity index (χ2v) is 10.2. The van der Waals surface area contributed by atoms with Crippen molar-refractivity contribution < 1.29 is 18.7 Å². The van der Waals surface area contributed by atoms with Gasteiger partial charge >= 0.3 is 0 Å². The number of nitrogens with zero attached hydrogens (tertiary/aromatic N) is 1. The number of anilines is 1. The molecule has 6 nitrogen and oxygen atoms in total. The molecule has 6 heteroatoms. The van der Waals surface area contributed by atoms with Gasteiger partial charge in [0.15, 0.2) is 6.29 Å². The van der Waals surface area contributed by atoms with Crippen molar-refractivity contribution in [3.05, 3.63) is 89.0 Å². The number of rotatable bonds is 9. The van der Waals surface area contributed by atoms with Crippen LogP contribution in [0.15, 0.2) is 71.3 Å². The summed E-state index contributed by atoms with van der Waals surface area (Å²) in [7, 11) is 0. The number of hydrogen-bond donors (Lipinski definition) is 1. The zero-order chi connectivity index (χ0) is 26.5. The van der Waals surface area contributed by atoms with E-state index in [0.29, 0.717) is 19.1 Å².